The van der Waals surface area contributed by atoms with Crippen molar-refractivity contribution < 1.29 is 27.2 Å². The van der Waals surface area contributed by atoms with Crippen LogP contribution in [0.4, 0.5) is 13.2 Å². The summed E-state index contributed by atoms with van der Waals surface area (Å²) in [4.78, 5) is 26.3. The molecule has 5 nitrogen and oxygen atoms in total. The van der Waals surface area contributed by atoms with Crippen LogP contribution in [0.15, 0.2) is 40.3 Å². The van der Waals surface area contributed by atoms with Crippen LogP contribution in [0.25, 0.3) is 0 Å². The fourth-order valence-corrected chi connectivity index (χ4v) is 4.11. The van der Waals surface area contributed by atoms with Crippen LogP contribution in [0.2, 0.25) is 0 Å². The Hall–Kier alpha value is -2.29. The number of furan rings is 1. The van der Waals surface area contributed by atoms with Gasteiger partial charge in [-0.25, -0.2) is 0 Å². The quantitative estimate of drug-likeness (QED) is 0.761. The lowest BCUT2D eigenvalue weighted by Crippen LogP contribution is -2.49. The van der Waals surface area contributed by atoms with Crippen LogP contribution in [-0.2, 0) is 16.1 Å². The second-order valence-corrected chi connectivity index (χ2v) is 7.80. The zero-order valence-electron chi connectivity index (χ0n) is 15.1. The molecule has 1 N–H and O–H groups in total. The van der Waals surface area contributed by atoms with Crippen LogP contribution in [0.3, 0.4) is 0 Å². The van der Waals surface area contributed by atoms with Crippen molar-refractivity contribution in [2.24, 2.45) is 0 Å². The molecule has 28 heavy (non-hydrogen) atoms. The van der Waals surface area contributed by atoms with E-state index in [4.69, 9.17) is 4.42 Å². The zero-order valence-corrected chi connectivity index (χ0v) is 15.9. The Bertz CT molecular complexity index is 769. The van der Waals surface area contributed by atoms with Gasteiger partial charge in [-0.3, -0.25) is 9.59 Å². The van der Waals surface area contributed by atoms with E-state index in [1.165, 1.54) is 29.7 Å². The molecular weight excluding hydrogens is 393 g/mol. The van der Waals surface area contributed by atoms with Crippen molar-refractivity contribution in [3.63, 3.8) is 0 Å². The van der Waals surface area contributed by atoms with Crippen LogP contribution in [0.1, 0.15) is 48.8 Å². The number of carbonyl (C=O) groups is 2. The molecule has 2 amide bonds. The summed E-state index contributed by atoms with van der Waals surface area (Å²) in [5.74, 6) is -2.72. The molecule has 1 aliphatic carbocycles. The Morgan fingerprint density at radius 3 is 2.54 bits per heavy atom. The SMILES string of the molecule is O=C(NC1CCCCC1)[C@H](c1ccco1)N(Cc1cccs1)C(=O)C(F)(F)F. The maximum absolute atomic E-state index is 13.3. The minimum absolute atomic E-state index is 0.00228. The standard InChI is InChI=1S/C19H21F3N2O3S/c20-19(21,22)18(26)24(12-14-8-5-11-28-14)16(15-9-4-10-27-15)17(25)23-13-6-2-1-3-7-13/h4-5,8-11,13,16H,1-3,6-7,12H2,(H,23,25)/t16-/m0/s1. The first kappa shape index (κ1) is 20.4. The largest absolute Gasteiger partial charge is 0.471 e. The van der Waals surface area contributed by atoms with Gasteiger partial charge in [-0.05, 0) is 36.4 Å². The second-order valence-electron chi connectivity index (χ2n) is 6.77. The molecular formula is C19H21F3N2O3S. The molecule has 1 aliphatic rings. The first-order valence-corrected chi connectivity index (χ1v) is 9.98. The Morgan fingerprint density at radius 1 is 1.21 bits per heavy atom. The molecule has 0 unspecified atom stereocenters. The van der Waals surface area contributed by atoms with Crippen molar-refractivity contribution >= 4 is 23.2 Å². The number of hydrogen-bond donors (Lipinski definition) is 1. The topological polar surface area (TPSA) is 62.6 Å². The summed E-state index contributed by atoms with van der Waals surface area (Å²) in [5, 5.41) is 4.52. The van der Waals surface area contributed by atoms with Crippen molar-refractivity contribution in [2.45, 2.75) is 56.9 Å². The third-order valence-electron chi connectivity index (χ3n) is 4.73. The molecule has 0 bridgehead atoms. The number of thiophene rings is 1. The fraction of sp³-hybridized carbons (Fsp3) is 0.474. The van der Waals surface area contributed by atoms with Gasteiger partial charge in [0.05, 0.1) is 12.8 Å². The van der Waals surface area contributed by atoms with Crippen LogP contribution in [0.5, 0.6) is 0 Å². The van der Waals surface area contributed by atoms with Crippen molar-refractivity contribution in [1.29, 1.82) is 0 Å². The molecule has 1 fully saturated rings. The molecule has 2 aromatic rings. The van der Waals surface area contributed by atoms with E-state index in [1.54, 1.807) is 17.5 Å². The Morgan fingerprint density at radius 2 is 1.96 bits per heavy atom. The van der Waals surface area contributed by atoms with Crippen LogP contribution in [0, 0.1) is 0 Å². The predicted molar refractivity (Wildman–Crippen MR) is 97.4 cm³/mol. The van der Waals surface area contributed by atoms with Gasteiger partial charge in [0.15, 0.2) is 6.04 Å². The van der Waals surface area contributed by atoms with Gasteiger partial charge in [-0.1, -0.05) is 25.3 Å². The van der Waals surface area contributed by atoms with Gasteiger partial charge in [0, 0.05) is 10.9 Å². The molecule has 0 radical (unpaired) electrons. The zero-order chi connectivity index (χ0) is 20.1. The number of rotatable bonds is 6. The molecule has 0 spiro atoms. The smallest absolute Gasteiger partial charge is 0.467 e. The number of amides is 2. The summed E-state index contributed by atoms with van der Waals surface area (Å²) >= 11 is 1.22. The van der Waals surface area contributed by atoms with Gasteiger partial charge in [-0.2, -0.15) is 13.2 Å². The summed E-state index contributed by atoms with van der Waals surface area (Å²) in [6.45, 7) is -0.334. The van der Waals surface area contributed by atoms with Crippen LogP contribution in [-0.4, -0.2) is 28.9 Å². The molecule has 0 saturated heterocycles. The van der Waals surface area contributed by atoms with E-state index in [0.29, 0.717) is 9.78 Å². The Kier molecular flexibility index (Phi) is 6.43. The lowest BCUT2D eigenvalue weighted by molar-refractivity contribution is -0.189. The Balaban J connectivity index is 1.91. The highest BCUT2D eigenvalue weighted by molar-refractivity contribution is 7.09. The van der Waals surface area contributed by atoms with E-state index in [-0.39, 0.29) is 18.3 Å². The van der Waals surface area contributed by atoms with Crippen molar-refractivity contribution in [1.82, 2.24) is 10.2 Å². The van der Waals surface area contributed by atoms with E-state index in [0.717, 1.165) is 32.1 Å². The molecule has 1 saturated carbocycles. The van der Waals surface area contributed by atoms with Crippen LogP contribution >= 0.6 is 11.3 Å². The molecule has 0 aromatic carbocycles. The van der Waals surface area contributed by atoms with Gasteiger partial charge in [0.2, 0.25) is 0 Å². The third-order valence-corrected chi connectivity index (χ3v) is 5.60. The highest BCUT2D eigenvalue weighted by Crippen LogP contribution is 2.31. The lowest BCUT2D eigenvalue weighted by Gasteiger charge is -2.32. The van der Waals surface area contributed by atoms with Crippen molar-refractivity contribution in [3.05, 3.63) is 46.5 Å². The average Bonchev–Trinajstić information content (AvgIpc) is 3.35. The number of nitrogens with zero attached hydrogens (tertiary/aromatic N) is 1. The van der Waals surface area contributed by atoms with Gasteiger partial charge >= 0.3 is 12.1 Å². The van der Waals surface area contributed by atoms with Gasteiger partial charge in [0.1, 0.15) is 5.76 Å². The molecule has 9 heteroatoms. The minimum atomic E-state index is -5.10. The molecule has 2 heterocycles. The molecule has 2 aromatic heterocycles. The first-order valence-electron chi connectivity index (χ1n) is 9.10. The highest BCUT2D eigenvalue weighted by atomic mass is 32.1. The molecule has 152 valence electrons. The maximum Gasteiger partial charge on any atom is 0.471 e. The van der Waals surface area contributed by atoms with E-state index < -0.39 is 24.0 Å². The molecule has 1 atom stereocenters. The van der Waals surface area contributed by atoms with Crippen molar-refractivity contribution in [3.8, 4) is 0 Å². The van der Waals surface area contributed by atoms with Crippen molar-refractivity contribution in [2.75, 3.05) is 0 Å². The number of halogens is 3. The summed E-state index contributed by atoms with van der Waals surface area (Å²) in [6.07, 6.45) is 0.701. The average molecular weight is 414 g/mol. The third kappa shape index (κ3) is 4.95. The van der Waals surface area contributed by atoms with Gasteiger partial charge < -0.3 is 14.6 Å². The maximum atomic E-state index is 13.3. The monoisotopic (exact) mass is 414 g/mol. The normalized spacial score (nSPS) is 16.5. The second kappa shape index (κ2) is 8.81. The first-order chi connectivity index (χ1) is 13.4. The molecule has 0 aliphatic heterocycles. The number of hydrogen-bond acceptors (Lipinski definition) is 4. The minimum Gasteiger partial charge on any atom is -0.467 e. The summed E-state index contributed by atoms with van der Waals surface area (Å²) in [5.41, 5.74) is 0. The molecule has 3 rings (SSSR count). The van der Waals surface area contributed by atoms with E-state index in [2.05, 4.69) is 5.32 Å². The van der Waals surface area contributed by atoms with E-state index >= 15 is 0 Å². The summed E-state index contributed by atoms with van der Waals surface area (Å²) in [6, 6.07) is 4.60. The van der Waals surface area contributed by atoms with E-state index in [1.807, 2.05) is 0 Å². The van der Waals surface area contributed by atoms with E-state index in [9.17, 15) is 22.8 Å². The summed E-state index contributed by atoms with van der Waals surface area (Å²) in [7, 11) is 0. The lowest BCUT2D eigenvalue weighted by atomic mass is 9.95. The predicted octanol–water partition coefficient (Wildman–Crippen LogP) is 4.42. The number of nitrogens with one attached hydrogen (secondary N) is 1. The van der Waals surface area contributed by atoms with Crippen LogP contribution < -0.4 is 5.32 Å². The Labute approximate surface area is 164 Å². The number of alkyl halides is 3. The summed E-state index contributed by atoms with van der Waals surface area (Å²) < 4.78 is 45.2. The van der Waals surface area contributed by atoms with Gasteiger partial charge in [-0.15, -0.1) is 11.3 Å². The number of carbonyl (C=O) groups excluding carboxylic acids is 2. The fourth-order valence-electron chi connectivity index (χ4n) is 3.41. The highest BCUT2D eigenvalue weighted by Gasteiger charge is 2.47. The van der Waals surface area contributed by atoms with Gasteiger partial charge in [0.25, 0.3) is 5.91 Å².